The lowest BCUT2D eigenvalue weighted by atomic mass is 10.2. The highest BCUT2D eigenvalue weighted by molar-refractivity contribution is 9.10. The first-order valence-electron chi connectivity index (χ1n) is 5.93. The molecule has 21 heavy (non-hydrogen) atoms. The first-order valence-corrected chi connectivity index (χ1v) is 8.38. The zero-order chi connectivity index (χ0) is 15.8. The molecule has 0 fully saturated rings. The van der Waals surface area contributed by atoms with Gasteiger partial charge in [-0.15, -0.1) is 0 Å². The van der Waals surface area contributed by atoms with E-state index in [4.69, 9.17) is 5.73 Å². The summed E-state index contributed by atoms with van der Waals surface area (Å²) in [7, 11) is -3.87. The second-order valence-corrected chi connectivity index (χ2v) is 7.44. The molecular formula is C14H12BrF2NO2S. The first kappa shape index (κ1) is 15.9. The van der Waals surface area contributed by atoms with E-state index in [-0.39, 0.29) is 9.37 Å². The van der Waals surface area contributed by atoms with E-state index in [9.17, 15) is 17.2 Å². The molecule has 2 N–H and O–H groups in total. The molecule has 0 radical (unpaired) electrons. The topological polar surface area (TPSA) is 60.2 Å². The normalized spacial score (nSPS) is 11.6. The molecule has 2 aromatic rings. The van der Waals surface area contributed by atoms with Crippen molar-refractivity contribution in [2.24, 2.45) is 0 Å². The fourth-order valence-electron chi connectivity index (χ4n) is 1.82. The lowest BCUT2D eigenvalue weighted by Gasteiger charge is -2.09. The van der Waals surface area contributed by atoms with Crippen LogP contribution >= 0.6 is 15.9 Å². The minimum Gasteiger partial charge on any atom is -0.399 e. The molecular weight excluding hydrogens is 364 g/mol. The Kier molecular flexibility index (Phi) is 4.34. The van der Waals surface area contributed by atoms with Gasteiger partial charge in [-0.05, 0) is 58.7 Å². The average Bonchev–Trinajstić information content (AvgIpc) is 2.42. The fourth-order valence-corrected chi connectivity index (χ4v) is 3.63. The first-order chi connectivity index (χ1) is 9.72. The van der Waals surface area contributed by atoms with E-state index in [1.165, 1.54) is 24.3 Å². The number of hydrogen-bond acceptors (Lipinski definition) is 3. The van der Waals surface area contributed by atoms with Crippen molar-refractivity contribution in [1.29, 1.82) is 0 Å². The number of sulfone groups is 1. The molecule has 0 saturated carbocycles. The Bertz CT molecular complexity index is 807. The van der Waals surface area contributed by atoms with Gasteiger partial charge in [-0.2, -0.15) is 0 Å². The van der Waals surface area contributed by atoms with Crippen LogP contribution in [0.15, 0.2) is 39.7 Å². The maximum Gasteiger partial charge on any atom is 0.182 e. The maximum atomic E-state index is 13.9. The molecule has 0 spiro atoms. The van der Waals surface area contributed by atoms with Crippen LogP contribution in [0.1, 0.15) is 11.1 Å². The minimum atomic E-state index is -3.87. The Morgan fingerprint density at radius 1 is 1.19 bits per heavy atom. The Balaban J connectivity index is 2.47. The van der Waals surface area contributed by atoms with Gasteiger partial charge in [0.05, 0.1) is 15.1 Å². The van der Waals surface area contributed by atoms with Crippen LogP contribution in [0.2, 0.25) is 0 Å². The second kappa shape index (κ2) is 5.73. The van der Waals surface area contributed by atoms with Crippen LogP contribution in [0.3, 0.4) is 0 Å². The van der Waals surface area contributed by atoms with Gasteiger partial charge < -0.3 is 5.73 Å². The quantitative estimate of drug-likeness (QED) is 0.658. The summed E-state index contributed by atoms with van der Waals surface area (Å²) >= 11 is 2.91. The SMILES string of the molecule is Cc1cc(S(=O)(=O)Cc2c(F)ccc(Br)c2F)ccc1N. The van der Waals surface area contributed by atoms with Gasteiger partial charge in [0.1, 0.15) is 11.6 Å². The van der Waals surface area contributed by atoms with Crippen molar-refractivity contribution in [3.8, 4) is 0 Å². The molecule has 0 aliphatic rings. The highest BCUT2D eigenvalue weighted by Gasteiger charge is 2.22. The van der Waals surface area contributed by atoms with E-state index in [0.717, 1.165) is 6.07 Å². The number of aryl methyl sites for hydroxylation is 1. The second-order valence-electron chi connectivity index (χ2n) is 4.60. The van der Waals surface area contributed by atoms with Gasteiger partial charge in [0.25, 0.3) is 0 Å². The van der Waals surface area contributed by atoms with Gasteiger partial charge in [-0.25, -0.2) is 17.2 Å². The molecule has 0 aromatic heterocycles. The molecule has 0 heterocycles. The number of anilines is 1. The molecule has 0 bridgehead atoms. The van der Waals surface area contributed by atoms with Crippen molar-refractivity contribution in [1.82, 2.24) is 0 Å². The van der Waals surface area contributed by atoms with Gasteiger partial charge in [-0.3, -0.25) is 0 Å². The number of halogens is 3. The van der Waals surface area contributed by atoms with Crippen molar-refractivity contribution < 1.29 is 17.2 Å². The smallest absolute Gasteiger partial charge is 0.182 e. The number of hydrogen-bond donors (Lipinski definition) is 1. The van der Waals surface area contributed by atoms with Crippen LogP contribution in [-0.2, 0) is 15.6 Å². The average molecular weight is 376 g/mol. The number of nitrogens with two attached hydrogens (primary N) is 1. The molecule has 0 unspecified atom stereocenters. The maximum absolute atomic E-state index is 13.9. The van der Waals surface area contributed by atoms with Crippen molar-refractivity contribution in [3.05, 3.63) is 57.6 Å². The van der Waals surface area contributed by atoms with Crippen molar-refractivity contribution in [2.45, 2.75) is 17.6 Å². The third-order valence-corrected chi connectivity index (χ3v) is 5.33. The summed E-state index contributed by atoms with van der Waals surface area (Å²) in [4.78, 5) is -0.0204. The Morgan fingerprint density at radius 2 is 1.86 bits per heavy atom. The molecule has 0 amide bonds. The summed E-state index contributed by atoms with van der Waals surface area (Å²) in [6, 6.07) is 6.38. The molecule has 0 aliphatic heterocycles. The third-order valence-electron chi connectivity index (χ3n) is 3.07. The number of rotatable bonds is 3. The summed E-state index contributed by atoms with van der Waals surface area (Å²) in [6.07, 6.45) is 0. The van der Waals surface area contributed by atoms with E-state index >= 15 is 0 Å². The van der Waals surface area contributed by atoms with Crippen molar-refractivity contribution >= 4 is 31.5 Å². The molecule has 0 saturated heterocycles. The number of benzene rings is 2. The van der Waals surface area contributed by atoms with E-state index in [0.29, 0.717) is 11.3 Å². The molecule has 2 rings (SSSR count). The van der Waals surface area contributed by atoms with Gasteiger partial charge in [0.2, 0.25) is 0 Å². The Morgan fingerprint density at radius 3 is 2.48 bits per heavy atom. The molecule has 112 valence electrons. The summed E-state index contributed by atoms with van der Waals surface area (Å²) in [5.74, 6) is -2.56. The van der Waals surface area contributed by atoms with Crippen LogP contribution in [0.25, 0.3) is 0 Å². The molecule has 2 aromatic carbocycles. The molecule has 3 nitrogen and oxygen atoms in total. The lowest BCUT2D eigenvalue weighted by molar-refractivity contribution is 0.552. The standard InChI is InChI=1S/C14H12BrF2NO2S/c1-8-6-9(2-5-13(8)18)21(19,20)7-10-12(16)4-3-11(15)14(10)17/h2-6H,7,18H2,1H3. The Labute approximate surface area is 129 Å². The van der Waals surface area contributed by atoms with E-state index in [1.807, 2.05) is 0 Å². The van der Waals surface area contributed by atoms with Gasteiger partial charge in [-0.1, -0.05) is 0 Å². The lowest BCUT2D eigenvalue weighted by Crippen LogP contribution is -2.09. The van der Waals surface area contributed by atoms with Gasteiger partial charge in [0.15, 0.2) is 9.84 Å². The van der Waals surface area contributed by atoms with E-state index in [2.05, 4.69) is 15.9 Å². The van der Waals surface area contributed by atoms with Crippen molar-refractivity contribution in [2.75, 3.05) is 5.73 Å². The van der Waals surface area contributed by atoms with Crippen LogP contribution in [0, 0.1) is 18.6 Å². The Hall–Kier alpha value is -1.47. The fraction of sp³-hybridized carbons (Fsp3) is 0.143. The van der Waals surface area contributed by atoms with Crippen LogP contribution in [-0.4, -0.2) is 8.42 Å². The summed E-state index contributed by atoms with van der Waals surface area (Å²) in [5, 5.41) is 0. The number of nitrogen functional groups attached to an aromatic ring is 1. The van der Waals surface area contributed by atoms with E-state index < -0.39 is 32.8 Å². The highest BCUT2D eigenvalue weighted by Crippen LogP contribution is 2.26. The largest absolute Gasteiger partial charge is 0.399 e. The monoisotopic (exact) mass is 375 g/mol. The van der Waals surface area contributed by atoms with Crippen LogP contribution in [0.4, 0.5) is 14.5 Å². The highest BCUT2D eigenvalue weighted by atomic mass is 79.9. The van der Waals surface area contributed by atoms with Gasteiger partial charge >= 0.3 is 0 Å². The molecule has 0 atom stereocenters. The summed E-state index contributed by atoms with van der Waals surface area (Å²) in [6.45, 7) is 1.66. The molecule has 0 aliphatic carbocycles. The van der Waals surface area contributed by atoms with Crippen LogP contribution < -0.4 is 5.73 Å². The zero-order valence-corrected chi connectivity index (χ0v) is 13.4. The minimum absolute atomic E-state index is 0.0163. The summed E-state index contributed by atoms with van der Waals surface area (Å²) < 4.78 is 52.2. The molecule has 7 heteroatoms. The van der Waals surface area contributed by atoms with Crippen LogP contribution in [0.5, 0.6) is 0 Å². The summed E-state index contributed by atoms with van der Waals surface area (Å²) in [5.41, 5.74) is 6.19. The van der Waals surface area contributed by atoms with Crippen molar-refractivity contribution in [3.63, 3.8) is 0 Å². The predicted octanol–water partition coefficient (Wildman–Crippen LogP) is 3.59. The zero-order valence-electron chi connectivity index (χ0n) is 11.0. The third kappa shape index (κ3) is 3.24. The van der Waals surface area contributed by atoms with E-state index in [1.54, 1.807) is 6.92 Å². The predicted molar refractivity (Wildman–Crippen MR) is 80.5 cm³/mol. The van der Waals surface area contributed by atoms with Gasteiger partial charge in [0, 0.05) is 11.3 Å².